The normalized spacial score (nSPS) is 9.14. The van der Waals surface area contributed by atoms with Crippen LogP contribution < -0.4 is 5.64 Å². The van der Waals surface area contributed by atoms with Crippen LogP contribution in [0.15, 0.2) is 0 Å². The molecule has 0 fully saturated rings. The van der Waals surface area contributed by atoms with Crippen molar-refractivity contribution in [1.82, 2.24) is 4.13 Å². The third-order valence-corrected chi connectivity index (χ3v) is 1.37. The van der Waals surface area contributed by atoms with Crippen LogP contribution in [0.5, 0.6) is 0 Å². The summed E-state index contributed by atoms with van der Waals surface area (Å²) in [5, 5.41) is 0. The summed E-state index contributed by atoms with van der Waals surface area (Å²) < 4.78 is 1.82. The van der Waals surface area contributed by atoms with Crippen molar-refractivity contribution < 1.29 is 0 Å². The van der Waals surface area contributed by atoms with Crippen LogP contribution in [0.4, 0.5) is 0 Å². The third-order valence-electron chi connectivity index (χ3n) is 0.612. The summed E-state index contributed by atoms with van der Waals surface area (Å²) in [4.78, 5) is 0. The highest BCUT2D eigenvalue weighted by atomic mass is 32.2. The predicted molar refractivity (Wildman–Crippen MR) is 36.9 cm³/mol. The Balaban J connectivity index is 2.99. The fourth-order valence-electron chi connectivity index (χ4n) is 0.252. The monoisotopic (exact) mass is 114 g/mol. The minimum atomic E-state index is 1.52. The highest BCUT2D eigenvalue weighted by Gasteiger charge is 1.95. The van der Waals surface area contributed by atoms with Crippen molar-refractivity contribution in [2.45, 2.75) is 6.82 Å². The van der Waals surface area contributed by atoms with Crippen LogP contribution >= 0.6 is 11.9 Å². The van der Waals surface area contributed by atoms with E-state index in [0.29, 0.717) is 0 Å². The van der Waals surface area contributed by atoms with Crippen molar-refractivity contribution in [3.8, 4) is 0 Å². The lowest BCUT2D eigenvalue weighted by Gasteiger charge is -2.09. The van der Waals surface area contributed by atoms with Crippen LogP contribution in [0.2, 0.25) is 6.82 Å². The summed E-state index contributed by atoms with van der Waals surface area (Å²) in [6.07, 6.45) is 1.96. The molecule has 0 aliphatic rings. The van der Waals surface area contributed by atoms with E-state index >= 15 is 0 Å². The lowest BCUT2D eigenvalue weighted by molar-refractivity contribution is 1.15. The van der Waals surface area contributed by atoms with Crippen molar-refractivity contribution in [2.75, 3.05) is 6.26 Å². The first-order valence-corrected chi connectivity index (χ1v) is 3.20. The van der Waals surface area contributed by atoms with Crippen LogP contribution in [0, 0.1) is 0 Å². The van der Waals surface area contributed by atoms with Gasteiger partial charge in [0, 0.05) is 0 Å². The lowest BCUT2D eigenvalue weighted by Crippen LogP contribution is -2.29. The molecule has 2 nitrogen and oxygen atoms in total. The maximum atomic E-state index is 5.14. The highest BCUT2D eigenvalue weighted by molar-refractivity contribution is 7.98. The quantitative estimate of drug-likeness (QED) is 0.404. The van der Waals surface area contributed by atoms with E-state index in [4.69, 9.17) is 5.64 Å². The maximum Gasteiger partial charge on any atom is 0.305 e. The molecule has 0 saturated heterocycles. The van der Waals surface area contributed by atoms with Crippen LogP contribution in [0.25, 0.3) is 0 Å². The summed E-state index contributed by atoms with van der Waals surface area (Å²) in [5.41, 5.74) is 5.14. The van der Waals surface area contributed by atoms with Gasteiger partial charge in [-0.1, -0.05) is 6.82 Å². The largest absolute Gasteiger partial charge is 0.360 e. The van der Waals surface area contributed by atoms with Crippen LogP contribution in [0.3, 0.4) is 0 Å². The first kappa shape index (κ1) is 7.40. The van der Waals surface area contributed by atoms with E-state index < -0.39 is 0 Å². The van der Waals surface area contributed by atoms with Gasteiger partial charge in [0.05, 0.1) is 0 Å². The van der Waals surface area contributed by atoms with Gasteiger partial charge in [-0.15, -0.1) is 11.9 Å². The zero-order chi connectivity index (χ0) is 5.70. The number of rotatable bonds is 3. The number of nitrogens with zero attached hydrogens (tertiary/aromatic N) is 1. The molecule has 0 aromatic carbocycles. The zero-order valence-corrected chi connectivity index (χ0v) is 5.40. The van der Waals surface area contributed by atoms with E-state index in [9.17, 15) is 0 Å². The van der Waals surface area contributed by atoms with Crippen molar-refractivity contribution in [3.05, 3.63) is 0 Å². The topological polar surface area (TPSA) is 29.3 Å². The van der Waals surface area contributed by atoms with E-state index in [1.54, 1.807) is 11.9 Å². The smallest absolute Gasteiger partial charge is 0.305 e. The summed E-state index contributed by atoms with van der Waals surface area (Å²) in [5.74, 6) is 0. The van der Waals surface area contributed by atoms with Gasteiger partial charge < -0.3 is 9.77 Å². The van der Waals surface area contributed by atoms with Gasteiger partial charge >= 0.3 is 7.55 Å². The molecule has 0 aliphatic heterocycles. The van der Waals surface area contributed by atoms with E-state index in [1.807, 2.05) is 24.6 Å². The van der Waals surface area contributed by atoms with Gasteiger partial charge in [-0.25, -0.2) is 0 Å². The fourth-order valence-corrected chi connectivity index (χ4v) is 0.585. The number of nitrogens with two attached hydrogens (primary N) is 1. The molecule has 2 radical (unpaired) electrons. The molecule has 7 heavy (non-hydrogen) atoms. The highest BCUT2D eigenvalue weighted by Crippen LogP contribution is 1.95. The average molecular weight is 114 g/mol. The predicted octanol–water partition coefficient (Wildman–Crippen LogP) is -0.273. The summed E-state index contributed by atoms with van der Waals surface area (Å²) in [7, 11) is 3.41. The average Bonchev–Trinajstić information content (AvgIpc) is 1.72. The maximum absolute atomic E-state index is 5.14. The fraction of sp³-hybridized carbons (Fsp3) is 1.00. The summed E-state index contributed by atoms with van der Waals surface area (Å²) in [6.45, 7) is 1.93. The SMILES string of the molecule is C[B]N([B]N)SC. The minimum absolute atomic E-state index is 1.52. The molecule has 38 valence electrons. The van der Waals surface area contributed by atoms with Crippen molar-refractivity contribution in [1.29, 1.82) is 0 Å². The first-order chi connectivity index (χ1) is 3.35. The number of hydrogen-bond acceptors (Lipinski definition) is 3. The van der Waals surface area contributed by atoms with Gasteiger partial charge in [-0.05, 0) is 6.26 Å². The molecule has 5 heteroatoms. The molecule has 0 spiro atoms. The van der Waals surface area contributed by atoms with E-state index in [0.717, 1.165) is 0 Å². The molecule has 0 aromatic rings. The molecule has 0 aromatic heterocycles. The minimum Gasteiger partial charge on any atom is -0.360 e. The summed E-state index contributed by atoms with van der Waals surface area (Å²) in [6, 6.07) is 0. The van der Waals surface area contributed by atoms with Crippen LogP contribution in [-0.2, 0) is 0 Å². The van der Waals surface area contributed by atoms with Crippen molar-refractivity contribution >= 4 is 26.9 Å². The summed E-state index contributed by atoms with van der Waals surface area (Å²) >= 11 is 1.57. The Morgan fingerprint density at radius 2 is 2.29 bits per heavy atom. The molecule has 0 saturated carbocycles. The Hall–Kier alpha value is 0.400. The molecule has 2 N–H and O–H groups in total. The van der Waals surface area contributed by atoms with E-state index in [1.165, 1.54) is 7.55 Å². The Kier molecular flexibility index (Phi) is 4.82. The molecule has 0 atom stereocenters. The molecule has 0 rings (SSSR count). The Bertz CT molecular complexity index is 35.2. The van der Waals surface area contributed by atoms with Gasteiger partial charge in [-0.2, -0.15) is 0 Å². The molecule has 0 heterocycles. The number of hydrogen-bond donors (Lipinski definition) is 1. The van der Waals surface area contributed by atoms with E-state index in [2.05, 4.69) is 0 Å². The van der Waals surface area contributed by atoms with Crippen LogP contribution in [-0.4, -0.2) is 25.3 Å². The second kappa shape index (κ2) is 4.56. The molecular weight excluding hydrogens is 106 g/mol. The van der Waals surface area contributed by atoms with Crippen molar-refractivity contribution in [2.24, 2.45) is 5.64 Å². The Morgan fingerprint density at radius 1 is 1.71 bits per heavy atom. The molecule has 0 bridgehead atoms. The molecule has 0 amide bonds. The Morgan fingerprint density at radius 3 is 2.29 bits per heavy atom. The van der Waals surface area contributed by atoms with E-state index in [-0.39, 0.29) is 0 Å². The molecular formula is C2H8B2N2S. The van der Waals surface area contributed by atoms with Gasteiger partial charge in [0.15, 0.2) is 0 Å². The van der Waals surface area contributed by atoms with Crippen molar-refractivity contribution in [3.63, 3.8) is 0 Å². The molecule has 0 aliphatic carbocycles. The first-order valence-electron chi connectivity index (χ1n) is 2.02. The standard InChI is InChI=1S/C2H8B2N2S/c1-3-6(4-5)7-2/h5H2,1-2H3. The molecule has 0 unspecified atom stereocenters. The second-order valence-corrected chi connectivity index (χ2v) is 1.74. The van der Waals surface area contributed by atoms with Crippen LogP contribution in [0.1, 0.15) is 0 Å². The Labute approximate surface area is 50.5 Å². The van der Waals surface area contributed by atoms with Gasteiger partial charge in [0.1, 0.15) is 0 Å². The zero-order valence-electron chi connectivity index (χ0n) is 4.59. The van der Waals surface area contributed by atoms with Gasteiger partial charge in [0.2, 0.25) is 7.41 Å². The lowest BCUT2D eigenvalue weighted by atomic mass is 9.93. The van der Waals surface area contributed by atoms with Gasteiger partial charge in [0.25, 0.3) is 0 Å². The van der Waals surface area contributed by atoms with Gasteiger partial charge in [-0.3, -0.25) is 0 Å². The second-order valence-electron chi connectivity index (χ2n) is 0.950. The third kappa shape index (κ3) is 3.02.